The van der Waals surface area contributed by atoms with Crippen molar-refractivity contribution in [3.8, 4) is 0 Å². The summed E-state index contributed by atoms with van der Waals surface area (Å²) >= 11 is 0. The summed E-state index contributed by atoms with van der Waals surface area (Å²) in [5.41, 5.74) is 0. The van der Waals surface area contributed by atoms with E-state index < -0.39 is 0 Å². The Morgan fingerprint density at radius 2 is 1.59 bits per heavy atom. The van der Waals surface area contributed by atoms with E-state index in [1.165, 1.54) is 32.5 Å². The Labute approximate surface area is 134 Å². The summed E-state index contributed by atoms with van der Waals surface area (Å²) in [4.78, 5) is 19.2. The second-order valence-corrected chi connectivity index (χ2v) is 7.36. The molecule has 3 aliphatic rings. The number of nitrogens with zero attached hydrogens (tertiary/aromatic N) is 3. The van der Waals surface area contributed by atoms with Gasteiger partial charge in [0.2, 0.25) is 5.91 Å². The largest absolute Gasteiger partial charge is 0.392 e. The predicted molar refractivity (Wildman–Crippen MR) is 86.7 cm³/mol. The normalized spacial score (nSPS) is 29.1. The SMILES string of the molecule is O=C(CN1CCC[C@@H](O)C1)N1CCC(CN2CCCC2)CC1. The van der Waals surface area contributed by atoms with E-state index in [0.29, 0.717) is 13.1 Å². The third-order valence-electron chi connectivity index (χ3n) is 5.52. The van der Waals surface area contributed by atoms with Gasteiger partial charge in [-0.25, -0.2) is 0 Å². The minimum atomic E-state index is -0.243. The average molecular weight is 309 g/mol. The molecule has 3 saturated heterocycles. The van der Waals surface area contributed by atoms with Gasteiger partial charge in [-0.05, 0) is 64.1 Å². The second kappa shape index (κ2) is 7.75. The maximum Gasteiger partial charge on any atom is 0.236 e. The lowest BCUT2D eigenvalue weighted by Crippen LogP contribution is -2.48. The molecular formula is C17H31N3O2. The van der Waals surface area contributed by atoms with Gasteiger partial charge in [-0.1, -0.05) is 0 Å². The summed E-state index contributed by atoms with van der Waals surface area (Å²) in [6, 6.07) is 0. The van der Waals surface area contributed by atoms with E-state index in [9.17, 15) is 9.90 Å². The van der Waals surface area contributed by atoms with E-state index in [1.807, 2.05) is 4.90 Å². The predicted octanol–water partition coefficient (Wildman–Crippen LogP) is 0.778. The fourth-order valence-electron chi connectivity index (χ4n) is 4.16. The quantitative estimate of drug-likeness (QED) is 0.834. The van der Waals surface area contributed by atoms with Gasteiger partial charge in [-0.15, -0.1) is 0 Å². The molecule has 1 N–H and O–H groups in total. The van der Waals surface area contributed by atoms with Gasteiger partial charge >= 0.3 is 0 Å². The summed E-state index contributed by atoms with van der Waals surface area (Å²) in [5, 5.41) is 9.70. The number of carbonyl (C=O) groups excluding carboxylic acids is 1. The molecule has 3 fully saturated rings. The Hall–Kier alpha value is -0.650. The monoisotopic (exact) mass is 309 g/mol. The van der Waals surface area contributed by atoms with Gasteiger partial charge < -0.3 is 14.9 Å². The number of aliphatic hydroxyl groups is 1. The molecule has 3 heterocycles. The molecule has 0 aromatic carbocycles. The molecule has 0 saturated carbocycles. The summed E-state index contributed by atoms with van der Waals surface area (Å²) < 4.78 is 0. The Morgan fingerprint density at radius 1 is 0.909 bits per heavy atom. The fourth-order valence-corrected chi connectivity index (χ4v) is 4.16. The molecule has 0 aromatic rings. The van der Waals surface area contributed by atoms with Crippen molar-refractivity contribution in [2.24, 2.45) is 5.92 Å². The van der Waals surface area contributed by atoms with Crippen molar-refractivity contribution in [3.63, 3.8) is 0 Å². The smallest absolute Gasteiger partial charge is 0.236 e. The summed E-state index contributed by atoms with van der Waals surface area (Å²) in [7, 11) is 0. The third kappa shape index (κ3) is 4.43. The Bertz CT molecular complexity index is 363. The summed E-state index contributed by atoms with van der Waals surface area (Å²) in [6.45, 7) is 7.74. The molecule has 0 bridgehead atoms. The molecule has 22 heavy (non-hydrogen) atoms. The molecule has 126 valence electrons. The van der Waals surface area contributed by atoms with Crippen LogP contribution in [0.1, 0.15) is 38.5 Å². The van der Waals surface area contributed by atoms with Gasteiger partial charge in [0.25, 0.3) is 0 Å². The zero-order valence-corrected chi connectivity index (χ0v) is 13.8. The van der Waals surface area contributed by atoms with Crippen LogP contribution >= 0.6 is 0 Å². The lowest BCUT2D eigenvalue weighted by atomic mass is 9.96. The molecule has 3 aliphatic heterocycles. The van der Waals surface area contributed by atoms with Crippen LogP contribution < -0.4 is 0 Å². The number of likely N-dealkylation sites (tertiary alicyclic amines) is 3. The van der Waals surface area contributed by atoms with E-state index >= 15 is 0 Å². The maximum atomic E-state index is 12.4. The first-order chi connectivity index (χ1) is 10.7. The molecule has 5 heteroatoms. The number of aliphatic hydroxyl groups excluding tert-OH is 1. The minimum Gasteiger partial charge on any atom is -0.392 e. The molecule has 0 spiro atoms. The Morgan fingerprint density at radius 3 is 2.27 bits per heavy atom. The van der Waals surface area contributed by atoms with Gasteiger partial charge in [-0.2, -0.15) is 0 Å². The van der Waals surface area contributed by atoms with Gasteiger partial charge in [0.05, 0.1) is 12.6 Å². The molecule has 0 aromatic heterocycles. The number of amides is 1. The minimum absolute atomic E-state index is 0.243. The van der Waals surface area contributed by atoms with Gasteiger partial charge in [0.1, 0.15) is 0 Å². The first-order valence-electron chi connectivity index (χ1n) is 9.11. The number of carbonyl (C=O) groups is 1. The molecular weight excluding hydrogens is 278 g/mol. The Balaban J connectivity index is 1.37. The first-order valence-corrected chi connectivity index (χ1v) is 9.11. The van der Waals surface area contributed by atoms with Crippen molar-refractivity contribution in [2.75, 3.05) is 52.4 Å². The number of hydrogen-bond donors (Lipinski definition) is 1. The second-order valence-electron chi connectivity index (χ2n) is 7.36. The molecule has 3 rings (SSSR count). The first kappa shape index (κ1) is 16.2. The van der Waals surface area contributed by atoms with E-state index in [2.05, 4.69) is 9.80 Å². The molecule has 0 unspecified atom stereocenters. The van der Waals surface area contributed by atoms with Crippen LogP contribution in [0, 0.1) is 5.92 Å². The van der Waals surface area contributed by atoms with Gasteiger partial charge in [0, 0.05) is 26.2 Å². The van der Waals surface area contributed by atoms with Crippen molar-refractivity contribution >= 4 is 5.91 Å². The van der Waals surface area contributed by atoms with E-state index in [-0.39, 0.29) is 12.0 Å². The highest BCUT2D eigenvalue weighted by molar-refractivity contribution is 5.78. The number of piperidine rings is 2. The highest BCUT2D eigenvalue weighted by Crippen LogP contribution is 2.21. The highest BCUT2D eigenvalue weighted by atomic mass is 16.3. The number of hydrogen-bond acceptors (Lipinski definition) is 4. The topological polar surface area (TPSA) is 47.0 Å². The molecule has 0 radical (unpaired) electrons. The van der Waals surface area contributed by atoms with E-state index in [1.54, 1.807) is 0 Å². The Kier molecular flexibility index (Phi) is 5.71. The number of rotatable bonds is 4. The van der Waals surface area contributed by atoms with Crippen molar-refractivity contribution < 1.29 is 9.90 Å². The van der Waals surface area contributed by atoms with Gasteiger partial charge in [-0.3, -0.25) is 9.69 Å². The van der Waals surface area contributed by atoms with Crippen LogP contribution in [0.4, 0.5) is 0 Å². The molecule has 5 nitrogen and oxygen atoms in total. The van der Waals surface area contributed by atoms with Crippen LogP contribution in [-0.4, -0.2) is 84.2 Å². The van der Waals surface area contributed by atoms with Crippen LogP contribution in [-0.2, 0) is 4.79 Å². The van der Waals surface area contributed by atoms with E-state index in [4.69, 9.17) is 0 Å². The zero-order valence-electron chi connectivity index (χ0n) is 13.8. The number of β-amino-alcohol motifs (C(OH)–C–C–N with tert-alkyl or cyclic N) is 1. The summed E-state index contributed by atoms with van der Waals surface area (Å²) in [6.07, 6.45) is 6.68. The molecule has 0 aliphatic carbocycles. The lowest BCUT2D eigenvalue weighted by molar-refractivity contribution is -0.134. The zero-order chi connectivity index (χ0) is 15.4. The average Bonchev–Trinajstić information content (AvgIpc) is 3.01. The van der Waals surface area contributed by atoms with Crippen LogP contribution in [0.15, 0.2) is 0 Å². The van der Waals surface area contributed by atoms with Crippen LogP contribution in [0.3, 0.4) is 0 Å². The van der Waals surface area contributed by atoms with Crippen molar-refractivity contribution in [1.29, 1.82) is 0 Å². The van der Waals surface area contributed by atoms with Crippen molar-refractivity contribution in [1.82, 2.24) is 14.7 Å². The van der Waals surface area contributed by atoms with Crippen molar-refractivity contribution in [3.05, 3.63) is 0 Å². The summed E-state index contributed by atoms with van der Waals surface area (Å²) in [5.74, 6) is 1.03. The van der Waals surface area contributed by atoms with Crippen LogP contribution in [0.25, 0.3) is 0 Å². The van der Waals surface area contributed by atoms with Crippen LogP contribution in [0.2, 0.25) is 0 Å². The fraction of sp³-hybridized carbons (Fsp3) is 0.941. The lowest BCUT2D eigenvalue weighted by Gasteiger charge is -2.36. The van der Waals surface area contributed by atoms with Gasteiger partial charge in [0.15, 0.2) is 0 Å². The molecule has 1 amide bonds. The third-order valence-corrected chi connectivity index (χ3v) is 5.52. The maximum absolute atomic E-state index is 12.4. The highest BCUT2D eigenvalue weighted by Gasteiger charge is 2.27. The molecule has 1 atom stereocenters. The van der Waals surface area contributed by atoms with E-state index in [0.717, 1.165) is 51.2 Å². The standard InChI is InChI=1S/C17H31N3O2/c21-16-4-3-9-19(13-16)14-17(22)20-10-5-15(6-11-20)12-18-7-1-2-8-18/h15-16,21H,1-14H2/t16-/m1/s1. The van der Waals surface area contributed by atoms with Crippen molar-refractivity contribution in [2.45, 2.75) is 44.6 Å². The van der Waals surface area contributed by atoms with Crippen LogP contribution in [0.5, 0.6) is 0 Å².